The number of fused-ring (bicyclic) bond motifs is 1. The van der Waals surface area contributed by atoms with Crippen molar-refractivity contribution in [3.05, 3.63) is 41.2 Å². The fraction of sp³-hybridized carbons (Fsp3) is 0.545. The maximum atomic E-state index is 12.5. The van der Waals surface area contributed by atoms with Crippen molar-refractivity contribution in [3.8, 4) is 5.75 Å². The van der Waals surface area contributed by atoms with Gasteiger partial charge < -0.3 is 20.1 Å². The third-order valence-corrected chi connectivity index (χ3v) is 5.33. The van der Waals surface area contributed by atoms with Crippen LogP contribution in [0, 0.1) is 5.92 Å². The van der Waals surface area contributed by atoms with Crippen LogP contribution >= 0.6 is 0 Å². The summed E-state index contributed by atoms with van der Waals surface area (Å²) in [6.07, 6.45) is -4.12. The molecule has 1 aromatic heterocycles. The third kappa shape index (κ3) is 6.00. The van der Waals surface area contributed by atoms with Crippen LogP contribution in [-0.2, 0) is 13.0 Å². The van der Waals surface area contributed by atoms with Gasteiger partial charge in [0.25, 0.3) is 0 Å². The molecule has 1 aromatic carbocycles. The Morgan fingerprint density at radius 1 is 1.13 bits per heavy atom. The summed E-state index contributed by atoms with van der Waals surface area (Å²) in [5.74, 6) is 2.25. The molecule has 6 nitrogen and oxygen atoms in total. The van der Waals surface area contributed by atoms with Gasteiger partial charge in [0.1, 0.15) is 23.2 Å². The Bertz CT molecular complexity index is 903. The predicted octanol–water partition coefficient (Wildman–Crippen LogP) is 4.49. The van der Waals surface area contributed by atoms with Gasteiger partial charge in [0.15, 0.2) is 0 Å². The highest BCUT2D eigenvalue weighted by molar-refractivity contribution is 5.52. The van der Waals surface area contributed by atoms with Gasteiger partial charge in [0, 0.05) is 25.1 Å². The summed E-state index contributed by atoms with van der Waals surface area (Å²) in [7, 11) is 0. The number of halogens is 3. The predicted molar refractivity (Wildman–Crippen MR) is 113 cm³/mol. The van der Waals surface area contributed by atoms with Crippen molar-refractivity contribution in [2.45, 2.75) is 59.0 Å². The van der Waals surface area contributed by atoms with Crippen molar-refractivity contribution < 1.29 is 23.0 Å². The maximum Gasteiger partial charge on any atom is 0.573 e. The molecule has 0 aliphatic carbocycles. The fourth-order valence-corrected chi connectivity index (χ4v) is 3.48. The second-order valence-electron chi connectivity index (χ2n) is 8.45. The number of aliphatic hydroxyl groups is 1. The average molecular weight is 438 g/mol. The minimum absolute atomic E-state index is 0.00651. The molecule has 0 saturated heterocycles. The zero-order chi connectivity index (χ0) is 22.8. The zero-order valence-corrected chi connectivity index (χ0v) is 18.2. The molecule has 9 heteroatoms. The molecule has 31 heavy (non-hydrogen) atoms. The standard InChI is InChI=1S/C22H29F3N4O2/c1-13(2)18(12-30)26-19-10-20(28-21(27-19)14(3)4)29-8-7-15-9-17(31-22(23,24)25)6-5-16(15)11-29/h5-6,9-10,13-14,18,30H,7-8,11-12H2,1-4H3,(H,26,27,28)/t18-/m1/s1. The highest BCUT2D eigenvalue weighted by Gasteiger charge is 2.31. The molecule has 0 spiro atoms. The van der Waals surface area contributed by atoms with Gasteiger partial charge in [-0.15, -0.1) is 13.2 Å². The Morgan fingerprint density at radius 2 is 1.87 bits per heavy atom. The number of ether oxygens (including phenoxy) is 1. The lowest BCUT2D eigenvalue weighted by Crippen LogP contribution is -2.33. The number of benzene rings is 1. The van der Waals surface area contributed by atoms with E-state index in [0.717, 1.165) is 16.9 Å². The molecule has 0 fully saturated rings. The lowest BCUT2D eigenvalue weighted by molar-refractivity contribution is -0.274. The van der Waals surface area contributed by atoms with E-state index >= 15 is 0 Å². The van der Waals surface area contributed by atoms with Crippen LogP contribution in [0.25, 0.3) is 0 Å². The number of alkyl halides is 3. The number of aliphatic hydroxyl groups excluding tert-OH is 1. The molecular weight excluding hydrogens is 409 g/mol. The number of nitrogens with zero attached hydrogens (tertiary/aromatic N) is 3. The van der Waals surface area contributed by atoms with Crippen LogP contribution in [0.1, 0.15) is 50.6 Å². The minimum Gasteiger partial charge on any atom is -0.406 e. The van der Waals surface area contributed by atoms with Gasteiger partial charge in [-0.1, -0.05) is 33.8 Å². The first-order valence-electron chi connectivity index (χ1n) is 10.4. The summed E-state index contributed by atoms with van der Waals surface area (Å²) in [4.78, 5) is 11.4. The van der Waals surface area contributed by atoms with Crippen LogP contribution < -0.4 is 15.0 Å². The topological polar surface area (TPSA) is 70.5 Å². The van der Waals surface area contributed by atoms with E-state index in [0.29, 0.717) is 31.2 Å². The molecule has 2 aromatic rings. The van der Waals surface area contributed by atoms with Crippen LogP contribution in [0.2, 0.25) is 0 Å². The molecule has 1 aliphatic heterocycles. The van der Waals surface area contributed by atoms with Crippen molar-refractivity contribution in [1.29, 1.82) is 0 Å². The number of nitrogens with one attached hydrogen (secondary N) is 1. The molecule has 0 saturated carbocycles. The smallest absolute Gasteiger partial charge is 0.406 e. The third-order valence-electron chi connectivity index (χ3n) is 5.33. The summed E-state index contributed by atoms with van der Waals surface area (Å²) in [5.41, 5.74) is 1.78. The molecule has 0 amide bonds. The van der Waals surface area contributed by atoms with Crippen LogP contribution in [0.4, 0.5) is 24.8 Å². The van der Waals surface area contributed by atoms with Gasteiger partial charge in [-0.2, -0.15) is 0 Å². The van der Waals surface area contributed by atoms with Gasteiger partial charge in [-0.25, -0.2) is 9.97 Å². The van der Waals surface area contributed by atoms with Gasteiger partial charge in [0.2, 0.25) is 0 Å². The van der Waals surface area contributed by atoms with E-state index in [1.807, 2.05) is 33.8 Å². The van der Waals surface area contributed by atoms with Crippen LogP contribution in [-0.4, -0.2) is 40.6 Å². The Labute approximate surface area is 180 Å². The number of hydrogen-bond donors (Lipinski definition) is 2. The first-order valence-corrected chi connectivity index (χ1v) is 10.4. The molecule has 0 bridgehead atoms. The summed E-state index contributed by atoms with van der Waals surface area (Å²) in [6.45, 7) is 9.22. The van der Waals surface area contributed by atoms with Crippen molar-refractivity contribution in [2.24, 2.45) is 5.92 Å². The van der Waals surface area contributed by atoms with E-state index in [4.69, 9.17) is 4.98 Å². The Hall–Kier alpha value is -2.55. The van der Waals surface area contributed by atoms with E-state index in [1.165, 1.54) is 12.1 Å². The summed E-state index contributed by atoms with van der Waals surface area (Å²) < 4.78 is 41.5. The molecule has 1 aliphatic rings. The second kappa shape index (κ2) is 9.30. The SMILES string of the molecule is CC(C)c1nc(N[C@H](CO)C(C)C)cc(N2CCc3cc(OC(F)(F)F)ccc3C2)n1. The Morgan fingerprint density at radius 3 is 2.48 bits per heavy atom. The molecule has 2 heterocycles. The zero-order valence-electron chi connectivity index (χ0n) is 18.2. The molecule has 170 valence electrons. The summed E-state index contributed by atoms with van der Waals surface area (Å²) >= 11 is 0. The first kappa shape index (κ1) is 23.1. The molecule has 1 atom stereocenters. The largest absolute Gasteiger partial charge is 0.573 e. The first-order chi connectivity index (χ1) is 14.6. The van der Waals surface area contributed by atoms with E-state index in [2.05, 4.69) is 19.9 Å². The number of rotatable bonds is 7. The number of anilines is 2. The van der Waals surface area contributed by atoms with E-state index in [-0.39, 0.29) is 30.2 Å². The fourth-order valence-electron chi connectivity index (χ4n) is 3.48. The van der Waals surface area contributed by atoms with Crippen molar-refractivity contribution in [2.75, 3.05) is 23.4 Å². The highest BCUT2D eigenvalue weighted by atomic mass is 19.4. The maximum absolute atomic E-state index is 12.5. The lowest BCUT2D eigenvalue weighted by atomic mass is 9.99. The Balaban J connectivity index is 1.84. The summed E-state index contributed by atoms with van der Waals surface area (Å²) in [5, 5.41) is 13.0. The van der Waals surface area contributed by atoms with Gasteiger partial charge in [-0.3, -0.25) is 0 Å². The van der Waals surface area contributed by atoms with E-state index < -0.39 is 6.36 Å². The highest BCUT2D eigenvalue weighted by Crippen LogP contribution is 2.30. The van der Waals surface area contributed by atoms with Gasteiger partial charge in [-0.05, 0) is 35.6 Å². The summed E-state index contributed by atoms with van der Waals surface area (Å²) in [6, 6.07) is 6.21. The monoisotopic (exact) mass is 438 g/mol. The van der Waals surface area contributed by atoms with Crippen LogP contribution in [0.3, 0.4) is 0 Å². The quantitative estimate of drug-likeness (QED) is 0.664. The van der Waals surface area contributed by atoms with Gasteiger partial charge >= 0.3 is 6.36 Å². The van der Waals surface area contributed by atoms with Crippen LogP contribution in [0.5, 0.6) is 5.75 Å². The molecular formula is C22H29F3N4O2. The Kier molecular flexibility index (Phi) is 6.93. The van der Waals surface area contributed by atoms with E-state index in [1.54, 1.807) is 6.07 Å². The molecule has 2 N–H and O–H groups in total. The van der Waals surface area contributed by atoms with Crippen molar-refractivity contribution in [3.63, 3.8) is 0 Å². The van der Waals surface area contributed by atoms with Crippen molar-refractivity contribution in [1.82, 2.24) is 9.97 Å². The normalized spacial score (nSPS) is 15.2. The van der Waals surface area contributed by atoms with Crippen molar-refractivity contribution >= 4 is 11.6 Å². The minimum atomic E-state index is -4.70. The van der Waals surface area contributed by atoms with Crippen LogP contribution in [0.15, 0.2) is 24.3 Å². The molecule has 0 radical (unpaired) electrons. The lowest BCUT2D eigenvalue weighted by Gasteiger charge is -2.31. The van der Waals surface area contributed by atoms with E-state index in [9.17, 15) is 18.3 Å². The average Bonchev–Trinajstić information content (AvgIpc) is 2.69. The number of aromatic nitrogens is 2. The molecule has 0 unspecified atom stereocenters. The molecule has 3 rings (SSSR count). The second-order valence-corrected chi connectivity index (χ2v) is 8.45. The number of hydrogen-bond acceptors (Lipinski definition) is 6. The van der Waals surface area contributed by atoms with Gasteiger partial charge in [0.05, 0.1) is 12.6 Å².